The van der Waals surface area contributed by atoms with Crippen molar-refractivity contribution in [3.63, 3.8) is 0 Å². The molecule has 1 unspecified atom stereocenters. The number of rotatable bonds is 1. The first-order valence-electron chi connectivity index (χ1n) is 6.28. The van der Waals surface area contributed by atoms with E-state index >= 15 is 0 Å². The normalized spacial score (nSPS) is 17.8. The summed E-state index contributed by atoms with van der Waals surface area (Å²) in [5, 5.41) is 7.17. The zero-order valence-corrected chi connectivity index (χ0v) is 11.9. The van der Waals surface area contributed by atoms with Crippen molar-refractivity contribution in [1.82, 2.24) is 10.2 Å². The Kier molecular flexibility index (Phi) is 3.76. The van der Waals surface area contributed by atoms with E-state index in [0.717, 1.165) is 23.4 Å². The maximum absolute atomic E-state index is 12.2. The van der Waals surface area contributed by atoms with E-state index in [1.807, 2.05) is 6.92 Å². The number of fused-ring (bicyclic) bond motifs is 1. The first-order chi connectivity index (χ1) is 8.65. The van der Waals surface area contributed by atoms with Crippen LogP contribution in [-0.2, 0) is 6.42 Å². The van der Waals surface area contributed by atoms with Gasteiger partial charge < -0.3 is 0 Å². The number of aromatic nitrogens is 2. The van der Waals surface area contributed by atoms with E-state index in [1.54, 1.807) is 0 Å². The molecule has 2 aromatic rings. The van der Waals surface area contributed by atoms with Crippen LogP contribution in [0.1, 0.15) is 45.2 Å². The zero-order valence-electron chi connectivity index (χ0n) is 11.1. The Morgan fingerprint density at radius 1 is 1.16 bits per heavy atom. The summed E-state index contributed by atoms with van der Waals surface area (Å²) in [6, 6.07) is 8.45. The Bertz CT molecular complexity index is 601. The lowest BCUT2D eigenvalue weighted by atomic mass is 9.81. The number of aromatic amines is 1. The topological polar surface area (TPSA) is 45.8 Å². The molecule has 100 valence electrons. The SMILES string of the molecule is Cc1ccc(C2CC(=O)c3c(n[nH]c3C)C2)cc1.Cl. The monoisotopic (exact) mass is 276 g/mol. The lowest BCUT2D eigenvalue weighted by molar-refractivity contribution is 0.0963. The van der Waals surface area contributed by atoms with Crippen LogP contribution in [0.15, 0.2) is 24.3 Å². The van der Waals surface area contributed by atoms with Gasteiger partial charge in [-0.2, -0.15) is 5.10 Å². The zero-order chi connectivity index (χ0) is 12.7. The first kappa shape index (κ1) is 13.8. The highest BCUT2D eigenvalue weighted by Gasteiger charge is 2.29. The van der Waals surface area contributed by atoms with Crippen LogP contribution < -0.4 is 0 Å². The third-order valence-electron chi connectivity index (χ3n) is 3.72. The number of hydrogen-bond acceptors (Lipinski definition) is 2. The third kappa shape index (κ3) is 2.43. The molecular weight excluding hydrogens is 260 g/mol. The second-order valence-corrected chi connectivity index (χ2v) is 5.11. The van der Waals surface area contributed by atoms with Gasteiger partial charge in [-0.1, -0.05) is 29.8 Å². The standard InChI is InChI=1S/C15H16N2O.ClH/c1-9-3-5-11(6-4-9)12-7-13-15(14(18)8-12)10(2)16-17-13;/h3-6,12H,7-8H2,1-2H3,(H,16,17);1H. The van der Waals surface area contributed by atoms with Gasteiger partial charge in [-0.15, -0.1) is 12.4 Å². The minimum absolute atomic E-state index is 0. The largest absolute Gasteiger partial charge is 0.294 e. The highest BCUT2D eigenvalue weighted by Crippen LogP contribution is 2.32. The van der Waals surface area contributed by atoms with Gasteiger partial charge >= 0.3 is 0 Å². The van der Waals surface area contributed by atoms with Gasteiger partial charge in [0.2, 0.25) is 0 Å². The summed E-state index contributed by atoms with van der Waals surface area (Å²) in [5.41, 5.74) is 5.13. The van der Waals surface area contributed by atoms with E-state index in [4.69, 9.17) is 0 Å². The molecule has 0 fully saturated rings. The molecule has 0 radical (unpaired) electrons. The number of carbonyl (C=O) groups is 1. The number of hydrogen-bond donors (Lipinski definition) is 1. The lowest BCUT2D eigenvalue weighted by Crippen LogP contribution is -2.18. The molecule has 1 heterocycles. The molecule has 3 nitrogen and oxygen atoms in total. The number of ketones is 1. The number of Topliss-reactive ketones (excluding diaryl/α,β-unsaturated/α-hetero) is 1. The summed E-state index contributed by atoms with van der Waals surface area (Å²) in [7, 11) is 0. The van der Waals surface area contributed by atoms with E-state index in [-0.39, 0.29) is 24.1 Å². The molecule has 0 spiro atoms. The first-order valence-corrected chi connectivity index (χ1v) is 6.28. The Balaban J connectivity index is 0.00000133. The van der Waals surface area contributed by atoms with Crippen LogP contribution in [-0.4, -0.2) is 16.0 Å². The number of aryl methyl sites for hydroxylation is 2. The average molecular weight is 277 g/mol. The van der Waals surface area contributed by atoms with Crippen molar-refractivity contribution in [1.29, 1.82) is 0 Å². The smallest absolute Gasteiger partial charge is 0.167 e. The van der Waals surface area contributed by atoms with Gasteiger partial charge in [0.25, 0.3) is 0 Å². The van der Waals surface area contributed by atoms with Crippen LogP contribution in [0.25, 0.3) is 0 Å². The van der Waals surface area contributed by atoms with E-state index < -0.39 is 0 Å². The van der Waals surface area contributed by atoms with Crippen LogP contribution >= 0.6 is 12.4 Å². The number of nitrogens with zero attached hydrogens (tertiary/aromatic N) is 1. The summed E-state index contributed by atoms with van der Waals surface area (Å²) in [6.45, 7) is 3.99. The van der Waals surface area contributed by atoms with Gasteiger partial charge in [0.15, 0.2) is 5.78 Å². The molecule has 4 heteroatoms. The molecule has 1 aromatic heterocycles. The number of halogens is 1. The van der Waals surface area contributed by atoms with Crippen molar-refractivity contribution >= 4 is 18.2 Å². The summed E-state index contributed by atoms with van der Waals surface area (Å²) in [5.74, 6) is 0.487. The van der Waals surface area contributed by atoms with Crippen molar-refractivity contribution < 1.29 is 4.79 Å². The second-order valence-electron chi connectivity index (χ2n) is 5.11. The van der Waals surface area contributed by atoms with E-state index in [9.17, 15) is 4.79 Å². The third-order valence-corrected chi connectivity index (χ3v) is 3.72. The van der Waals surface area contributed by atoms with Crippen molar-refractivity contribution in [3.8, 4) is 0 Å². The fourth-order valence-electron chi connectivity index (χ4n) is 2.70. The molecule has 1 aliphatic rings. The predicted octanol–water partition coefficient (Wildman–Crippen LogP) is 3.36. The Morgan fingerprint density at radius 3 is 2.53 bits per heavy atom. The molecule has 0 aliphatic heterocycles. The molecular formula is C15H17ClN2O. The highest BCUT2D eigenvalue weighted by molar-refractivity contribution is 5.99. The van der Waals surface area contributed by atoms with Gasteiger partial charge in [0, 0.05) is 12.1 Å². The van der Waals surface area contributed by atoms with E-state index in [2.05, 4.69) is 41.4 Å². The van der Waals surface area contributed by atoms with Gasteiger partial charge in [-0.3, -0.25) is 9.89 Å². The van der Waals surface area contributed by atoms with Gasteiger partial charge in [-0.05, 0) is 31.7 Å². The quantitative estimate of drug-likeness (QED) is 0.868. The number of benzene rings is 1. The van der Waals surface area contributed by atoms with Gasteiger partial charge in [0.1, 0.15) is 0 Å². The average Bonchev–Trinajstić information content (AvgIpc) is 2.72. The Labute approximate surface area is 118 Å². The lowest BCUT2D eigenvalue weighted by Gasteiger charge is -2.21. The maximum Gasteiger partial charge on any atom is 0.167 e. The minimum Gasteiger partial charge on any atom is -0.294 e. The second kappa shape index (κ2) is 5.17. The summed E-state index contributed by atoms with van der Waals surface area (Å²) >= 11 is 0. The summed E-state index contributed by atoms with van der Waals surface area (Å²) in [6.07, 6.45) is 1.45. The minimum atomic E-state index is 0. The van der Waals surface area contributed by atoms with Gasteiger partial charge in [0.05, 0.1) is 11.3 Å². The summed E-state index contributed by atoms with van der Waals surface area (Å²) < 4.78 is 0. The molecule has 19 heavy (non-hydrogen) atoms. The molecule has 0 saturated heterocycles. The van der Waals surface area contributed by atoms with Crippen molar-refractivity contribution in [3.05, 3.63) is 52.3 Å². The number of nitrogens with one attached hydrogen (secondary N) is 1. The van der Waals surface area contributed by atoms with E-state index in [0.29, 0.717) is 6.42 Å². The highest BCUT2D eigenvalue weighted by atomic mass is 35.5. The van der Waals surface area contributed by atoms with Crippen molar-refractivity contribution in [2.24, 2.45) is 0 Å². The predicted molar refractivity (Wildman–Crippen MR) is 77.1 cm³/mol. The molecule has 0 bridgehead atoms. The number of H-pyrrole nitrogens is 1. The van der Waals surface area contributed by atoms with Crippen LogP contribution in [0.4, 0.5) is 0 Å². The molecule has 0 saturated carbocycles. The molecule has 1 aliphatic carbocycles. The Hall–Kier alpha value is -1.61. The maximum atomic E-state index is 12.2. The van der Waals surface area contributed by atoms with E-state index in [1.165, 1.54) is 11.1 Å². The fraction of sp³-hybridized carbons (Fsp3) is 0.333. The summed E-state index contributed by atoms with van der Waals surface area (Å²) in [4.78, 5) is 12.2. The van der Waals surface area contributed by atoms with Crippen LogP contribution in [0.3, 0.4) is 0 Å². The number of carbonyl (C=O) groups excluding carboxylic acids is 1. The van der Waals surface area contributed by atoms with Crippen molar-refractivity contribution in [2.45, 2.75) is 32.6 Å². The molecule has 0 amide bonds. The molecule has 1 atom stereocenters. The van der Waals surface area contributed by atoms with Gasteiger partial charge in [-0.25, -0.2) is 0 Å². The van der Waals surface area contributed by atoms with Crippen LogP contribution in [0.2, 0.25) is 0 Å². The van der Waals surface area contributed by atoms with Crippen LogP contribution in [0, 0.1) is 13.8 Å². The molecule has 3 rings (SSSR count). The Morgan fingerprint density at radius 2 is 1.84 bits per heavy atom. The fourth-order valence-corrected chi connectivity index (χ4v) is 2.70. The van der Waals surface area contributed by atoms with Crippen molar-refractivity contribution in [2.75, 3.05) is 0 Å². The molecule has 1 N–H and O–H groups in total. The molecule has 1 aromatic carbocycles. The van der Waals surface area contributed by atoms with Crippen LogP contribution in [0.5, 0.6) is 0 Å².